The van der Waals surface area contributed by atoms with Gasteiger partial charge in [0.25, 0.3) is 11.1 Å². The number of hydrogen-bond acceptors (Lipinski definition) is 7. The minimum atomic E-state index is -0.701. The second kappa shape index (κ2) is 9.74. The second-order valence-electron chi connectivity index (χ2n) is 5.94. The number of amides is 3. The van der Waals surface area contributed by atoms with Crippen molar-refractivity contribution < 1.29 is 28.7 Å². The first kappa shape index (κ1) is 20.4. The predicted octanol–water partition coefficient (Wildman–Crippen LogP) is 2.45. The van der Waals surface area contributed by atoms with Crippen LogP contribution in [0, 0.1) is 0 Å². The Hall–Kier alpha value is -3.33. The average molecular weight is 414 g/mol. The van der Waals surface area contributed by atoms with Crippen LogP contribution in [0.2, 0.25) is 0 Å². The summed E-state index contributed by atoms with van der Waals surface area (Å²) < 4.78 is 10.8. The van der Waals surface area contributed by atoms with Gasteiger partial charge in [0.05, 0.1) is 5.75 Å². The van der Waals surface area contributed by atoms with Gasteiger partial charge in [-0.05, 0) is 24.3 Å². The van der Waals surface area contributed by atoms with E-state index in [-0.39, 0.29) is 35.6 Å². The number of rotatable bonds is 8. The monoisotopic (exact) mass is 414 g/mol. The average Bonchev–Trinajstić information content (AvgIpc) is 3.05. The Morgan fingerprint density at radius 2 is 1.76 bits per heavy atom. The van der Waals surface area contributed by atoms with E-state index < -0.39 is 18.5 Å². The standard InChI is InChI=1S/C20H18N2O6S/c23-17(21-10-11-22-18(24)13-29-20(22)26)12-27-19(25)15-8-4-5-9-16(15)28-14-6-2-1-3-7-14/h1-9H,10-13H2,(H,21,23). The molecule has 1 aliphatic heterocycles. The predicted molar refractivity (Wildman–Crippen MR) is 106 cm³/mol. The molecule has 0 spiro atoms. The van der Waals surface area contributed by atoms with E-state index >= 15 is 0 Å². The zero-order chi connectivity index (χ0) is 20.6. The quantitative estimate of drug-likeness (QED) is 0.662. The number of hydrogen-bond donors (Lipinski definition) is 1. The molecule has 0 saturated carbocycles. The van der Waals surface area contributed by atoms with Gasteiger partial charge in [0, 0.05) is 13.1 Å². The number of thioether (sulfide) groups is 1. The number of nitrogens with one attached hydrogen (secondary N) is 1. The Labute approximate surface area is 171 Å². The highest BCUT2D eigenvalue weighted by molar-refractivity contribution is 8.14. The molecule has 2 aromatic carbocycles. The lowest BCUT2D eigenvalue weighted by molar-refractivity contribution is -0.126. The second-order valence-corrected chi connectivity index (χ2v) is 6.86. The molecule has 150 valence electrons. The van der Waals surface area contributed by atoms with Gasteiger partial charge >= 0.3 is 5.97 Å². The van der Waals surface area contributed by atoms with Gasteiger partial charge in [-0.15, -0.1) is 0 Å². The summed E-state index contributed by atoms with van der Waals surface area (Å²) in [6, 6.07) is 15.5. The topological polar surface area (TPSA) is 102 Å². The van der Waals surface area contributed by atoms with Crippen LogP contribution in [0.3, 0.4) is 0 Å². The van der Waals surface area contributed by atoms with Crippen molar-refractivity contribution in [3.8, 4) is 11.5 Å². The molecule has 9 heteroatoms. The summed E-state index contributed by atoms with van der Waals surface area (Å²) in [5.41, 5.74) is 0.189. The summed E-state index contributed by atoms with van der Waals surface area (Å²) in [7, 11) is 0. The lowest BCUT2D eigenvalue weighted by Gasteiger charge is -2.13. The van der Waals surface area contributed by atoms with Crippen molar-refractivity contribution in [2.45, 2.75) is 0 Å². The Morgan fingerprint density at radius 3 is 2.48 bits per heavy atom. The number of benzene rings is 2. The van der Waals surface area contributed by atoms with Gasteiger partial charge < -0.3 is 14.8 Å². The minimum Gasteiger partial charge on any atom is -0.456 e. The number of carbonyl (C=O) groups excluding carboxylic acids is 4. The molecule has 0 aliphatic carbocycles. The van der Waals surface area contributed by atoms with E-state index in [1.807, 2.05) is 18.2 Å². The highest BCUT2D eigenvalue weighted by Gasteiger charge is 2.29. The largest absolute Gasteiger partial charge is 0.456 e. The summed E-state index contributed by atoms with van der Waals surface area (Å²) in [6.45, 7) is -0.324. The Bertz CT molecular complexity index is 902. The third kappa shape index (κ3) is 5.58. The van der Waals surface area contributed by atoms with Crippen LogP contribution in [-0.2, 0) is 14.3 Å². The highest BCUT2D eigenvalue weighted by atomic mass is 32.2. The van der Waals surface area contributed by atoms with Crippen LogP contribution >= 0.6 is 11.8 Å². The molecule has 0 atom stereocenters. The molecule has 1 fully saturated rings. The smallest absolute Gasteiger partial charge is 0.342 e. The van der Waals surface area contributed by atoms with Crippen LogP contribution in [0.25, 0.3) is 0 Å². The highest BCUT2D eigenvalue weighted by Crippen LogP contribution is 2.25. The fraction of sp³-hybridized carbons (Fsp3) is 0.200. The van der Waals surface area contributed by atoms with Gasteiger partial charge in [0.15, 0.2) is 6.61 Å². The van der Waals surface area contributed by atoms with Gasteiger partial charge in [-0.3, -0.25) is 19.3 Å². The maximum Gasteiger partial charge on any atom is 0.342 e. The van der Waals surface area contributed by atoms with Crippen molar-refractivity contribution in [1.82, 2.24) is 10.2 Å². The number of ether oxygens (including phenoxy) is 2. The molecule has 0 unspecified atom stereocenters. The molecule has 1 aliphatic rings. The normalized spacial score (nSPS) is 13.3. The lowest BCUT2D eigenvalue weighted by Crippen LogP contribution is -2.38. The van der Waals surface area contributed by atoms with E-state index in [1.165, 1.54) is 0 Å². The first-order valence-corrected chi connectivity index (χ1v) is 9.76. The molecule has 3 rings (SSSR count). The van der Waals surface area contributed by atoms with Crippen molar-refractivity contribution in [2.24, 2.45) is 0 Å². The first-order chi connectivity index (χ1) is 14.0. The van der Waals surface area contributed by atoms with Gasteiger partial charge in [-0.1, -0.05) is 42.1 Å². The van der Waals surface area contributed by atoms with E-state index in [4.69, 9.17) is 9.47 Å². The van der Waals surface area contributed by atoms with Crippen LogP contribution in [0.15, 0.2) is 54.6 Å². The third-order valence-corrected chi connectivity index (χ3v) is 4.77. The Balaban J connectivity index is 1.48. The Kier molecular flexibility index (Phi) is 6.85. The van der Waals surface area contributed by atoms with Gasteiger partial charge in [0.1, 0.15) is 17.1 Å². The third-order valence-electron chi connectivity index (χ3n) is 3.91. The van der Waals surface area contributed by atoms with Gasteiger partial charge in [-0.25, -0.2) is 4.79 Å². The number of para-hydroxylation sites is 2. The van der Waals surface area contributed by atoms with Crippen molar-refractivity contribution in [1.29, 1.82) is 0 Å². The summed E-state index contributed by atoms with van der Waals surface area (Å²) in [6.07, 6.45) is 0. The summed E-state index contributed by atoms with van der Waals surface area (Å²) in [5, 5.41) is 2.18. The van der Waals surface area contributed by atoms with Crippen molar-refractivity contribution in [3.05, 3.63) is 60.2 Å². The summed E-state index contributed by atoms with van der Waals surface area (Å²) in [5.74, 6) is -0.521. The number of imide groups is 1. The molecule has 0 bridgehead atoms. The molecule has 3 amide bonds. The molecule has 2 aromatic rings. The molecule has 8 nitrogen and oxygen atoms in total. The maximum absolute atomic E-state index is 12.3. The molecule has 1 saturated heterocycles. The van der Waals surface area contributed by atoms with E-state index in [9.17, 15) is 19.2 Å². The van der Waals surface area contributed by atoms with Crippen LogP contribution < -0.4 is 10.1 Å². The number of esters is 1. The van der Waals surface area contributed by atoms with Gasteiger partial charge in [-0.2, -0.15) is 0 Å². The fourth-order valence-electron chi connectivity index (χ4n) is 2.50. The molecule has 1 heterocycles. The minimum absolute atomic E-state index is 0.0815. The zero-order valence-corrected chi connectivity index (χ0v) is 16.1. The number of nitrogens with zero attached hydrogens (tertiary/aromatic N) is 1. The zero-order valence-electron chi connectivity index (χ0n) is 15.3. The van der Waals surface area contributed by atoms with Crippen LogP contribution in [-0.4, -0.2) is 53.4 Å². The fourth-order valence-corrected chi connectivity index (χ4v) is 3.26. The van der Waals surface area contributed by atoms with Crippen LogP contribution in [0.4, 0.5) is 4.79 Å². The van der Waals surface area contributed by atoms with Crippen molar-refractivity contribution in [2.75, 3.05) is 25.4 Å². The molecule has 1 N–H and O–H groups in total. The maximum atomic E-state index is 12.3. The summed E-state index contributed by atoms with van der Waals surface area (Å²) >= 11 is 0.929. The van der Waals surface area contributed by atoms with Crippen LogP contribution in [0.5, 0.6) is 11.5 Å². The molecular weight excluding hydrogens is 396 g/mol. The SMILES string of the molecule is O=C(COC(=O)c1ccccc1Oc1ccccc1)NCCN1C(=O)CSC1=O. The summed E-state index contributed by atoms with van der Waals surface area (Å²) in [4.78, 5) is 48.3. The molecule has 0 aromatic heterocycles. The van der Waals surface area contributed by atoms with E-state index in [2.05, 4.69) is 5.32 Å². The number of carbonyl (C=O) groups is 4. The molecule has 29 heavy (non-hydrogen) atoms. The lowest BCUT2D eigenvalue weighted by atomic mass is 10.2. The molecular formula is C20H18N2O6S. The molecule has 0 radical (unpaired) electrons. The van der Waals surface area contributed by atoms with E-state index in [0.29, 0.717) is 11.5 Å². The van der Waals surface area contributed by atoms with Crippen LogP contribution in [0.1, 0.15) is 10.4 Å². The van der Waals surface area contributed by atoms with Crippen molar-refractivity contribution >= 4 is 34.8 Å². The Morgan fingerprint density at radius 1 is 1.03 bits per heavy atom. The van der Waals surface area contributed by atoms with E-state index in [0.717, 1.165) is 16.7 Å². The van der Waals surface area contributed by atoms with Gasteiger partial charge in [0.2, 0.25) is 5.91 Å². The van der Waals surface area contributed by atoms with Crippen molar-refractivity contribution in [3.63, 3.8) is 0 Å². The first-order valence-electron chi connectivity index (χ1n) is 8.77. The van der Waals surface area contributed by atoms with E-state index in [1.54, 1.807) is 36.4 Å².